The molecule has 2 aromatic heterocycles. The summed E-state index contributed by atoms with van der Waals surface area (Å²) in [6, 6.07) is 3.92. The summed E-state index contributed by atoms with van der Waals surface area (Å²) in [5.41, 5.74) is 0.816. The van der Waals surface area contributed by atoms with E-state index in [0.717, 1.165) is 24.8 Å². The first kappa shape index (κ1) is 19.8. The van der Waals surface area contributed by atoms with E-state index in [1.165, 1.54) is 43.9 Å². The van der Waals surface area contributed by atoms with Crippen LogP contribution in [0.5, 0.6) is 0 Å². The first-order chi connectivity index (χ1) is 13.5. The maximum atomic E-state index is 9.59. The Hall–Kier alpha value is -1.55. The fourth-order valence-corrected chi connectivity index (χ4v) is 5.75. The van der Waals surface area contributed by atoms with Crippen molar-refractivity contribution in [2.24, 2.45) is 11.3 Å². The smallest absolute Gasteiger partial charge is 0.175 e. The van der Waals surface area contributed by atoms with Crippen molar-refractivity contribution in [3.8, 4) is 6.07 Å². The van der Waals surface area contributed by atoms with Crippen LogP contribution in [-0.2, 0) is 0 Å². The molecule has 8 heteroatoms. The molecule has 1 saturated heterocycles. The molecule has 1 saturated carbocycles. The number of nitrogens with zero attached hydrogens (tertiary/aromatic N) is 5. The summed E-state index contributed by atoms with van der Waals surface area (Å²) < 4.78 is 0. The van der Waals surface area contributed by atoms with Crippen LogP contribution in [0.15, 0.2) is 28.4 Å². The van der Waals surface area contributed by atoms with E-state index in [1.807, 2.05) is 0 Å². The van der Waals surface area contributed by atoms with Gasteiger partial charge < -0.3 is 4.90 Å². The third kappa shape index (κ3) is 3.68. The van der Waals surface area contributed by atoms with Crippen LogP contribution >= 0.6 is 35.0 Å². The second kappa shape index (κ2) is 8.06. The van der Waals surface area contributed by atoms with Gasteiger partial charge in [-0.15, -0.1) is 0 Å². The summed E-state index contributed by atoms with van der Waals surface area (Å²) in [4.78, 5) is 16.0. The van der Waals surface area contributed by atoms with Crippen LogP contribution in [0.3, 0.4) is 0 Å². The maximum absolute atomic E-state index is 9.59. The molecule has 0 radical (unpaired) electrons. The average molecular weight is 434 g/mol. The van der Waals surface area contributed by atoms with Gasteiger partial charge in [0.05, 0.1) is 11.2 Å². The van der Waals surface area contributed by atoms with Crippen molar-refractivity contribution in [3.05, 3.63) is 34.3 Å². The predicted octanol–water partition coefficient (Wildman–Crippen LogP) is 5.61. The van der Waals surface area contributed by atoms with E-state index in [2.05, 4.69) is 32.8 Å². The lowest BCUT2D eigenvalue weighted by molar-refractivity contribution is 0.161. The molecule has 146 valence electrons. The summed E-state index contributed by atoms with van der Waals surface area (Å²) >= 11 is 13.5. The van der Waals surface area contributed by atoms with Gasteiger partial charge in [0.2, 0.25) is 0 Å². The van der Waals surface area contributed by atoms with Gasteiger partial charge in [-0.25, -0.2) is 15.0 Å². The summed E-state index contributed by atoms with van der Waals surface area (Å²) in [6.45, 7) is 4.35. The second-order valence-corrected chi connectivity index (χ2v) is 9.42. The highest BCUT2D eigenvalue weighted by atomic mass is 35.5. The molecule has 0 N–H and O–H groups in total. The minimum Gasteiger partial charge on any atom is -0.355 e. The molecule has 2 fully saturated rings. The predicted molar refractivity (Wildman–Crippen MR) is 112 cm³/mol. The molecular weight excluding hydrogens is 413 g/mol. The van der Waals surface area contributed by atoms with E-state index >= 15 is 0 Å². The molecule has 0 bridgehead atoms. The van der Waals surface area contributed by atoms with Gasteiger partial charge in [-0.05, 0) is 36.7 Å². The molecule has 0 aromatic carbocycles. The number of hydrogen-bond acceptors (Lipinski definition) is 6. The van der Waals surface area contributed by atoms with E-state index in [9.17, 15) is 5.26 Å². The third-order valence-electron chi connectivity index (χ3n) is 6.29. The normalized spacial score (nSPS) is 21.1. The van der Waals surface area contributed by atoms with E-state index < -0.39 is 0 Å². The molecule has 1 spiro atoms. The highest BCUT2D eigenvalue weighted by molar-refractivity contribution is 7.99. The molecular formula is C20H21Cl2N5S. The molecule has 28 heavy (non-hydrogen) atoms. The Balaban J connectivity index is 1.52. The molecule has 0 unspecified atom stereocenters. The monoisotopic (exact) mass is 433 g/mol. The number of piperidine rings is 1. The zero-order valence-electron chi connectivity index (χ0n) is 15.7. The van der Waals surface area contributed by atoms with Gasteiger partial charge in [0.25, 0.3) is 0 Å². The Morgan fingerprint density at radius 3 is 2.71 bits per heavy atom. The number of anilines is 1. The second-order valence-electron chi connectivity index (χ2n) is 7.65. The average Bonchev–Trinajstić information content (AvgIpc) is 3.06. The van der Waals surface area contributed by atoms with Crippen LogP contribution in [0.25, 0.3) is 0 Å². The van der Waals surface area contributed by atoms with Gasteiger partial charge in [-0.1, -0.05) is 54.7 Å². The van der Waals surface area contributed by atoms with Crippen LogP contribution in [-0.4, -0.2) is 28.0 Å². The van der Waals surface area contributed by atoms with Crippen molar-refractivity contribution in [1.82, 2.24) is 15.0 Å². The topological polar surface area (TPSA) is 65.7 Å². The van der Waals surface area contributed by atoms with Crippen LogP contribution in [0.1, 0.15) is 44.7 Å². The molecule has 5 nitrogen and oxygen atoms in total. The zero-order valence-corrected chi connectivity index (χ0v) is 18.0. The van der Waals surface area contributed by atoms with Crippen molar-refractivity contribution in [3.63, 3.8) is 0 Å². The number of nitriles is 1. The lowest BCUT2D eigenvalue weighted by atomic mass is 9.71. The Bertz CT molecular complexity index is 921. The Morgan fingerprint density at radius 2 is 2.04 bits per heavy atom. The zero-order chi connectivity index (χ0) is 19.7. The first-order valence-electron chi connectivity index (χ1n) is 9.52. The van der Waals surface area contributed by atoms with Crippen molar-refractivity contribution in [2.75, 3.05) is 18.0 Å². The van der Waals surface area contributed by atoms with Crippen LogP contribution < -0.4 is 4.90 Å². The minimum absolute atomic E-state index is 0.234. The van der Waals surface area contributed by atoms with Crippen molar-refractivity contribution >= 4 is 40.8 Å². The number of halogens is 2. The van der Waals surface area contributed by atoms with E-state index in [4.69, 9.17) is 23.2 Å². The molecule has 1 aliphatic carbocycles. The number of aromatic nitrogens is 3. The van der Waals surface area contributed by atoms with Gasteiger partial charge >= 0.3 is 0 Å². The van der Waals surface area contributed by atoms with Crippen molar-refractivity contribution < 1.29 is 0 Å². The lowest BCUT2D eigenvalue weighted by Gasteiger charge is -2.42. The van der Waals surface area contributed by atoms with Gasteiger partial charge in [-0.2, -0.15) is 5.26 Å². The van der Waals surface area contributed by atoms with Gasteiger partial charge in [0, 0.05) is 24.2 Å². The molecule has 1 atom stereocenters. The Labute approximate surface area is 179 Å². The minimum atomic E-state index is 0.234. The van der Waals surface area contributed by atoms with Crippen molar-refractivity contribution in [1.29, 1.82) is 5.26 Å². The summed E-state index contributed by atoms with van der Waals surface area (Å²) in [6.07, 6.45) is 9.79. The van der Waals surface area contributed by atoms with E-state index in [-0.39, 0.29) is 5.15 Å². The quantitative estimate of drug-likeness (QED) is 0.586. The Kier molecular flexibility index (Phi) is 5.69. The SMILES string of the molecule is C[C@@H]1CCCC12CCN(c1cnc(Sc3ccnc(Cl)c3Cl)c(C#N)n1)CC2. The fourth-order valence-electron chi connectivity index (χ4n) is 4.49. The number of rotatable bonds is 3. The fraction of sp³-hybridized carbons (Fsp3) is 0.500. The van der Waals surface area contributed by atoms with Gasteiger partial charge in [-0.3, -0.25) is 0 Å². The first-order valence-corrected chi connectivity index (χ1v) is 11.1. The molecule has 3 heterocycles. The van der Waals surface area contributed by atoms with Crippen molar-refractivity contribution in [2.45, 2.75) is 48.9 Å². The number of hydrogen-bond donors (Lipinski definition) is 0. The lowest BCUT2D eigenvalue weighted by Crippen LogP contribution is -2.41. The summed E-state index contributed by atoms with van der Waals surface area (Å²) in [5.74, 6) is 1.59. The third-order valence-corrected chi connectivity index (χ3v) is 8.22. The summed E-state index contributed by atoms with van der Waals surface area (Å²) in [7, 11) is 0. The molecule has 2 aliphatic rings. The molecule has 2 aromatic rings. The van der Waals surface area contributed by atoms with Crippen LogP contribution in [0.4, 0.5) is 5.82 Å². The maximum Gasteiger partial charge on any atom is 0.175 e. The van der Waals surface area contributed by atoms with E-state index in [1.54, 1.807) is 18.5 Å². The highest BCUT2D eigenvalue weighted by Crippen LogP contribution is 2.50. The van der Waals surface area contributed by atoms with Crippen LogP contribution in [0.2, 0.25) is 10.2 Å². The number of pyridine rings is 1. The summed E-state index contributed by atoms with van der Waals surface area (Å²) in [5, 5.41) is 10.7. The van der Waals surface area contributed by atoms with E-state index in [0.29, 0.717) is 26.1 Å². The Morgan fingerprint density at radius 1 is 1.25 bits per heavy atom. The van der Waals surface area contributed by atoms with Gasteiger partial charge in [0.15, 0.2) is 5.69 Å². The standard InChI is InChI=1S/C20H21Cl2N5S/c1-13-3-2-5-20(13)6-9-27(10-7-20)16-12-25-19(14(11-23)26-16)28-15-4-8-24-18(22)17(15)21/h4,8,12-13H,2-3,5-7,9-10H2,1H3/t13-/m1/s1. The molecule has 4 rings (SSSR count). The highest BCUT2D eigenvalue weighted by Gasteiger charge is 2.42. The molecule has 0 amide bonds. The molecule has 1 aliphatic heterocycles. The largest absolute Gasteiger partial charge is 0.355 e. The van der Waals surface area contributed by atoms with Crippen LogP contribution in [0, 0.1) is 22.7 Å². The van der Waals surface area contributed by atoms with Gasteiger partial charge in [0.1, 0.15) is 22.1 Å².